The Hall–Kier alpha value is -3.44. The highest BCUT2D eigenvalue weighted by atomic mass is 32.2. The van der Waals surface area contributed by atoms with Gasteiger partial charge in [0.2, 0.25) is 15.9 Å². The normalized spacial score (nSPS) is 15.2. The molecule has 2 heterocycles. The lowest BCUT2D eigenvalue weighted by Crippen LogP contribution is -2.50. The molecule has 178 valence electrons. The maximum Gasteiger partial charge on any atom is 0.416 e. The number of para-hydroxylation sites is 1. The first kappa shape index (κ1) is 23.7. The van der Waals surface area contributed by atoms with Crippen LogP contribution in [-0.2, 0) is 16.2 Å². The predicted octanol–water partition coefficient (Wildman–Crippen LogP) is 4.04. The summed E-state index contributed by atoms with van der Waals surface area (Å²) in [6, 6.07) is 15.6. The third-order valence-electron chi connectivity index (χ3n) is 5.28. The van der Waals surface area contributed by atoms with Gasteiger partial charge in [0.25, 0.3) is 5.91 Å². The topological polar surface area (TPSA) is 79.8 Å². The number of hydrogen-bond donors (Lipinski definition) is 0. The van der Waals surface area contributed by atoms with Crippen LogP contribution in [0.25, 0.3) is 0 Å². The highest BCUT2D eigenvalue weighted by Crippen LogP contribution is 2.31. The van der Waals surface area contributed by atoms with Gasteiger partial charge in [-0.15, -0.1) is 0 Å². The van der Waals surface area contributed by atoms with Gasteiger partial charge in [-0.1, -0.05) is 24.3 Å². The number of ether oxygens (including phenoxy) is 1. The van der Waals surface area contributed by atoms with Crippen LogP contribution in [0.5, 0.6) is 11.6 Å². The van der Waals surface area contributed by atoms with E-state index < -0.39 is 26.7 Å². The lowest BCUT2D eigenvalue weighted by Gasteiger charge is -2.34. The molecule has 1 aromatic heterocycles. The molecule has 2 aromatic carbocycles. The van der Waals surface area contributed by atoms with E-state index in [0.29, 0.717) is 11.8 Å². The molecule has 1 aliphatic heterocycles. The monoisotopic (exact) mass is 491 g/mol. The SMILES string of the molecule is O=C(c1cccnc1Oc1ccccc1)N1CCN(S(=O)(=O)c2cccc(C(F)(F)F)c2)CC1. The van der Waals surface area contributed by atoms with Crippen molar-refractivity contribution in [1.82, 2.24) is 14.2 Å². The van der Waals surface area contributed by atoms with E-state index in [9.17, 15) is 26.4 Å². The molecule has 0 N–H and O–H groups in total. The Bertz CT molecular complexity index is 1280. The number of carbonyl (C=O) groups is 1. The summed E-state index contributed by atoms with van der Waals surface area (Å²) in [5.74, 6) is 0.250. The van der Waals surface area contributed by atoms with Gasteiger partial charge in [0.15, 0.2) is 0 Å². The number of piperazine rings is 1. The van der Waals surface area contributed by atoms with Gasteiger partial charge in [-0.3, -0.25) is 4.79 Å². The molecule has 0 aliphatic carbocycles. The van der Waals surface area contributed by atoms with Gasteiger partial charge in [-0.2, -0.15) is 17.5 Å². The second-order valence-electron chi connectivity index (χ2n) is 7.49. The zero-order valence-electron chi connectivity index (χ0n) is 17.8. The largest absolute Gasteiger partial charge is 0.438 e. The Labute approximate surface area is 194 Å². The van der Waals surface area contributed by atoms with Crippen molar-refractivity contribution in [1.29, 1.82) is 0 Å². The van der Waals surface area contributed by atoms with Crippen LogP contribution in [0.1, 0.15) is 15.9 Å². The fourth-order valence-electron chi connectivity index (χ4n) is 3.52. The molecule has 1 amide bonds. The van der Waals surface area contributed by atoms with E-state index in [1.807, 2.05) is 6.07 Å². The van der Waals surface area contributed by atoms with E-state index in [4.69, 9.17) is 4.74 Å². The first-order valence-corrected chi connectivity index (χ1v) is 11.7. The number of sulfonamides is 1. The first-order chi connectivity index (χ1) is 16.2. The molecule has 1 saturated heterocycles. The zero-order valence-corrected chi connectivity index (χ0v) is 18.6. The van der Waals surface area contributed by atoms with Gasteiger partial charge in [-0.25, -0.2) is 13.4 Å². The number of carbonyl (C=O) groups excluding carboxylic acids is 1. The van der Waals surface area contributed by atoms with Gasteiger partial charge >= 0.3 is 6.18 Å². The van der Waals surface area contributed by atoms with E-state index in [2.05, 4.69) is 4.98 Å². The van der Waals surface area contributed by atoms with Gasteiger partial charge in [0.1, 0.15) is 11.3 Å². The third kappa shape index (κ3) is 5.05. The first-order valence-electron chi connectivity index (χ1n) is 10.3. The summed E-state index contributed by atoms with van der Waals surface area (Å²) in [5.41, 5.74) is -0.814. The Kier molecular flexibility index (Phi) is 6.58. The Morgan fingerprint density at radius 2 is 1.62 bits per heavy atom. The van der Waals surface area contributed by atoms with Crippen molar-refractivity contribution in [3.05, 3.63) is 84.1 Å². The zero-order chi connectivity index (χ0) is 24.3. The van der Waals surface area contributed by atoms with E-state index >= 15 is 0 Å². The van der Waals surface area contributed by atoms with Crippen LogP contribution in [-0.4, -0.2) is 54.7 Å². The van der Waals surface area contributed by atoms with Crippen molar-refractivity contribution >= 4 is 15.9 Å². The van der Waals surface area contributed by atoms with Crippen molar-refractivity contribution in [3.63, 3.8) is 0 Å². The fourth-order valence-corrected chi connectivity index (χ4v) is 4.99. The molecule has 34 heavy (non-hydrogen) atoms. The molecule has 1 aliphatic rings. The molecular formula is C23H20F3N3O4S. The molecule has 0 unspecified atom stereocenters. The number of hydrogen-bond acceptors (Lipinski definition) is 5. The Morgan fingerprint density at radius 1 is 0.912 bits per heavy atom. The minimum absolute atomic E-state index is 0.0561. The van der Waals surface area contributed by atoms with E-state index in [0.717, 1.165) is 22.5 Å². The summed E-state index contributed by atoms with van der Waals surface area (Å²) >= 11 is 0. The number of nitrogens with zero attached hydrogens (tertiary/aromatic N) is 3. The predicted molar refractivity (Wildman–Crippen MR) is 117 cm³/mol. The van der Waals surface area contributed by atoms with Crippen molar-refractivity contribution in [2.45, 2.75) is 11.1 Å². The summed E-state index contributed by atoms with van der Waals surface area (Å²) in [6.07, 6.45) is -3.16. The summed E-state index contributed by atoms with van der Waals surface area (Å²) in [7, 11) is -4.15. The van der Waals surface area contributed by atoms with Crippen molar-refractivity contribution in [2.75, 3.05) is 26.2 Å². The second kappa shape index (κ2) is 9.43. The minimum Gasteiger partial charge on any atom is -0.438 e. The maximum absolute atomic E-state index is 13.1. The Morgan fingerprint density at radius 3 is 2.29 bits per heavy atom. The Balaban J connectivity index is 1.47. The van der Waals surface area contributed by atoms with Crippen LogP contribution in [0.4, 0.5) is 13.2 Å². The summed E-state index contributed by atoms with van der Waals surface area (Å²) in [5, 5.41) is 0. The standard InChI is InChI=1S/C23H20F3N3O4S/c24-23(25,26)17-6-4-9-19(16-17)34(31,32)29-14-12-28(13-15-29)22(30)20-10-5-11-27-21(20)33-18-7-2-1-3-8-18/h1-11,16H,12-15H2. The van der Waals surface area contributed by atoms with Crippen LogP contribution in [0.3, 0.4) is 0 Å². The van der Waals surface area contributed by atoms with Gasteiger partial charge in [0, 0.05) is 32.4 Å². The quantitative estimate of drug-likeness (QED) is 0.538. The molecule has 3 aromatic rings. The smallest absolute Gasteiger partial charge is 0.416 e. The van der Waals surface area contributed by atoms with E-state index in [1.54, 1.807) is 36.4 Å². The molecule has 1 fully saturated rings. The minimum atomic E-state index is -4.65. The van der Waals surface area contributed by atoms with Gasteiger partial charge < -0.3 is 9.64 Å². The summed E-state index contributed by atoms with van der Waals surface area (Å²) < 4.78 is 71.6. The number of halogens is 3. The van der Waals surface area contributed by atoms with Crippen LogP contribution < -0.4 is 4.74 Å². The molecule has 0 saturated carbocycles. The second-order valence-corrected chi connectivity index (χ2v) is 9.43. The fraction of sp³-hybridized carbons (Fsp3) is 0.217. The lowest BCUT2D eigenvalue weighted by molar-refractivity contribution is -0.137. The number of amides is 1. The average Bonchev–Trinajstić information content (AvgIpc) is 2.84. The molecule has 0 radical (unpaired) electrons. The van der Waals surface area contributed by atoms with E-state index in [1.165, 1.54) is 11.1 Å². The maximum atomic E-state index is 13.1. The number of aromatic nitrogens is 1. The third-order valence-corrected chi connectivity index (χ3v) is 7.18. The van der Waals surface area contributed by atoms with E-state index in [-0.39, 0.29) is 43.5 Å². The molecule has 4 rings (SSSR count). The highest BCUT2D eigenvalue weighted by molar-refractivity contribution is 7.89. The summed E-state index contributed by atoms with van der Waals surface area (Å²) in [4.78, 5) is 18.3. The van der Waals surface area contributed by atoms with Gasteiger partial charge in [-0.05, 0) is 42.5 Å². The summed E-state index contributed by atoms with van der Waals surface area (Å²) in [6.45, 7) is 0.0201. The van der Waals surface area contributed by atoms with Crippen LogP contribution in [0.15, 0.2) is 77.8 Å². The number of benzene rings is 2. The number of pyridine rings is 1. The molecule has 0 spiro atoms. The average molecular weight is 491 g/mol. The van der Waals surface area contributed by atoms with Crippen LogP contribution >= 0.6 is 0 Å². The lowest BCUT2D eigenvalue weighted by atomic mass is 10.2. The van der Waals surface area contributed by atoms with Crippen molar-refractivity contribution in [3.8, 4) is 11.6 Å². The number of alkyl halides is 3. The van der Waals surface area contributed by atoms with Crippen molar-refractivity contribution in [2.24, 2.45) is 0 Å². The highest BCUT2D eigenvalue weighted by Gasteiger charge is 2.35. The number of rotatable bonds is 5. The molecule has 0 bridgehead atoms. The van der Waals surface area contributed by atoms with Crippen LogP contribution in [0.2, 0.25) is 0 Å². The molecule has 7 nitrogen and oxygen atoms in total. The molecule has 11 heteroatoms. The van der Waals surface area contributed by atoms with Crippen molar-refractivity contribution < 1.29 is 31.1 Å². The van der Waals surface area contributed by atoms with Crippen LogP contribution in [0, 0.1) is 0 Å². The molecular weight excluding hydrogens is 471 g/mol. The van der Waals surface area contributed by atoms with Gasteiger partial charge in [0.05, 0.1) is 10.5 Å². The molecule has 0 atom stereocenters.